The van der Waals surface area contributed by atoms with E-state index in [1.807, 2.05) is 4.90 Å². The second kappa shape index (κ2) is 17.6. The molecule has 0 aliphatic heterocycles. The highest BCUT2D eigenvalue weighted by molar-refractivity contribution is 5.77. The van der Waals surface area contributed by atoms with E-state index in [-0.39, 0.29) is 5.91 Å². The standard InChI is InChI=1S/C15H34N4O4/c1-2-8-21-11-5-18-15(20)14-19(6-12-22-9-3-16)7-13-23-10-4-17/h2-14,16-17H2,1H3,(H,18,20). The maximum Gasteiger partial charge on any atom is 0.234 e. The molecule has 0 aromatic rings. The smallest absolute Gasteiger partial charge is 0.234 e. The fourth-order valence-electron chi connectivity index (χ4n) is 1.80. The number of carbonyl (C=O) groups is 1. The molecule has 0 heterocycles. The predicted octanol–water partition coefficient (Wildman–Crippen LogP) is -1.22. The highest BCUT2D eigenvalue weighted by Crippen LogP contribution is 1.91. The predicted molar refractivity (Wildman–Crippen MR) is 90.3 cm³/mol. The zero-order valence-electron chi connectivity index (χ0n) is 14.4. The monoisotopic (exact) mass is 334 g/mol. The van der Waals surface area contributed by atoms with Gasteiger partial charge in [-0.25, -0.2) is 0 Å². The highest BCUT2D eigenvalue weighted by atomic mass is 16.5. The molecule has 0 radical (unpaired) electrons. The van der Waals surface area contributed by atoms with Crippen molar-refractivity contribution in [1.29, 1.82) is 0 Å². The summed E-state index contributed by atoms with van der Waals surface area (Å²) in [6.07, 6.45) is 0.979. The summed E-state index contributed by atoms with van der Waals surface area (Å²) >= 11 is 0. The summed E-state index contributed by atoms with van der Waals surface area (Å²) in [5.41, 5.74) is 10.8. The van der Waals surface area contributed by atoms with E-state index >= 15 is 0 Å². The van der Waals surface area contributed by atoms with Gasteiger partial charge in [0.1, 0.15) is 0 Å². The van der Waals surface area contributed by atoms with Gasteiger partial charge in [-0.3, -0.25) is 9.69 Å². The van der Waals surface area contributed by atoms with E-state index in [2.05, 4.69) is 12.2 Å². The minimum Gasteiger partial charge on any atom is -0.380 e. The van der Waals surface area contributed by atoms with E-state index in [9.17, 15) is 4.79 Å². The Morgan fingerprint density at radius 1 is 0.913 bits per heavy atom. The molecule has 0 atom stereocenters. The van der Waals surface area contributed by atoms with Crippen LogP contribution in [0.1, 0.15) is 13.3 Å². The van der Waals surface area contributed by atoms with Gasteiger partial charge in [0.25, 0.3) is 0 Å². The Kier molecular flexibility index (Phi) is 17.0. The summed E-state index contributed by atoms with van der Waals surface area (Å²) in [5.74, 6) is -0.0252. The fraction of sp³-hybridized carbons (Fsp3) is 0.933. The minimum absolute atomic E-state index is 0.0252. The van der Waals surface area contributed by atoms with Crippen molar-refractivity contribution in [2.45, 2.75) is 13.3 Å². The zero-order chi connectivity index (χ0) is 17.2. The van der Waals surface area contributed by atoms with Crippen LogP contribution in [0.3, 0.4) is 0 Å². The average molecular weight is 334 g/mol. The quantitative estimate of drug-likeness (QED) is 0.286. The van der Waals surface area contributed by atoms with Gasteiger partial charge < -0.3 is 31.0 Å². The molecule has 8 heteroatoms. The number of nitrogens with zero attached hydrogens (tertiary/aromatic N) is 1. The van der Waals surface area contributed by atoms with E-state index in [1.54, 1.807) is 0 Å². The molecule has 0 aromatic carbocycles. The van der Waals surface area contributed by atoms with Gasteiger partial charge in [0.05, 0.1) is 39.6 Å². The number of rotatable bonds is 17. The molecule has 1 amide bonds. The number of nitrogens with two attached hydrogens (primary N) is 2. The molecule has 23 heavy (non-hydrogen) atoms. The molecule has 0 aromatic heterocycles. The van der Waals surface area contributed by atoms with Gasteiger partial charge >= 0.3 is 0 Å². The molecule has 0 bridgehead atoms. The molecule has 138 valence electrons. The summed E-state index contributed by atoms with van der Waals surface area (Å²) in [6, 6.07) is 0. The van der Waals surface area contributed by atoms with Crippen LogP contribution < -0.4 is 16.8 Å². The SMILES string of the molecule is CCCOCCNC(=O)CN(CCOCCN)CCOCCN. The number of amides is 1. The van der Waals surface area contributed by atoms with Crippen LogP contribution >= 0.6 is 0 Å². The molecule has 0 fully saturated rings. The second-order valence-electron chi connectivity index (χ2n) is 5.04. The van der Waals surface area contributed by atoms with Crippen LogP contribution in [-0.2, 0) is 19.0 Å². The van der Waals surface area contributed by atoms with Crippen LogP contribution in [0.2, 0.25) is 0 Å². The summed E-state index contributed by atoms with van der Waals surface area (Å²) in [5, 5.41) is 2.85. The summed E-state index contributed by atoms with van der Waals surface area (Å²) in [7, 11) is 0. The van der Waals surface area contributed by atoms with Crippen molar-refractivity contribution in [2.24, 2.45) is 11.5 Å². The van der Waals surface area contributed by atoms with Gasteiger partial charge in [0, 0.05) is 39.3 Å². The molecule has 0 aliphatic carbocycles. The molecule has 0 rings (SSSR count). The van der Waals surface area contributed by atoms with Crippen molar-refractivity contribution in [2.75, 3.05) is 78.9 Å². The highest BCUT2D eigenvalue weighted by Gasteiger charge is 2.10. The first kappa shape index (κ1) is 22.2. The van der Waals surface area contributed by atoms with E-state index in [0.717, 1.165) is 13.0 Å². The van der Waals surface area contributed by atoms with Gasteiger partial charge in [-0.05, 0) is 6.42 Å². The minimum atomic E-state index is -0.0252. The molecular weight excluding hydrogens is 300 g/mol. The van der Waals surface area contributed by atoms with E-state index in [1.165, 1.54) is 0 Å². The van der Waals surface area contributed by atoms with Crippen LogP contribution in [0.15, 0.2) is 0 Å². The van der Waals surface area contributed by atoms with E-state index < -0.39 is 0 Å². The van der Waals surface area contributed by atoms with Crippen molar-refractivity contribution in [3.05, 3.63) is 0 Å². The van der Waals surface area contributed by atoms with Gasteiger partial charge in [-0.2, -0.15) is 0 Å². The topological polar surface area (TPSA) is 112 Å². The van der Waals surface area contributed by atoms with Crippen molar-refractivity contribution >= 4 is 5.91 Å². The van der Waals surface area contributed by atoms with Gasteiger partial charge in [0.2, 0.25) is 5.91 Å². The maximum absolute atomic E-state index is 11.9. The molecule has 5 N–H and O–H groups in total. The first-order chi connectivity index (χ1) is 11.2. The first-order valence-corrected chi connectivity index (χ1v) is 8.37. The van der Waals surface area contributed by atoms with Crippen LogP contribution in [0, 0.1) is 0 Å². The van der Waals surface area contributed by atoms with Crippen LogP contribution in [0.5, 0.6) is 0 Å². The number of carbonyl (C=O) groups excluding carboxylic acids is 1. The summed E-state index contributed by atoms with van der Waals surface area (Å²) in [4.78, 5) is 13.9. The number of nitrogens with one attached hydrogen (secondary N) is 1. The van der Waals surface area contributed by atoms with E-state index in [4.69, 9.17) is 25.7 Å². The molecule has 0 saturated carbocycles. The van der Waals surface area contributed by atoms with Crippen LogP contribution in [0.4, 0.5) is 0 Å². The molecular formula is C15H34N4O4. The average Bonchev–Trinajstić information content (AvgIpc) is 2.55. The third-order valence-corrected chi connectivity index (χ3v) is 2.91. The summed E-state index contributed by atoms with van der Waals surface area (Å²) in [6.45, 7) is 8.60. The third-order valence-electron chi connectivity index (χ3n) is 2.91. The second-order valence-corrected chi connectivity index (χ2v) is 5.04. The largest absolute Gasteiger partial charge is 0.380 e. The fourth-order valence-corrected chi connectivity index (χ4v) is 1.80. The summed E-state index contributed by atoms with van der Waals surface area (Å²) < 4.78 is 16.1. The normalized spacial score (nSPS) is 11.1. The van der Waals surface area contributed by atoms with Crippen molar-refractivity contribution < 1.29 is 19.0 Å². The van der Waals surface area contributed by atoms with Crippen molar-refractivity contribution in [3.8, 4) is 0 Å². The van der Waals surface area contributed by atoms with Crippen LogP contribution in [0.25, 0.3) is 0 Å². The maximum atomic E-state index is 11.9. The van der Waals surface area contributed by atoms with Gasteiger partial charge in [0.15, 0.2) is 0 Å². The Hall–Kier alpha value is -0.770. The number of hydrogen-bond donors (Lipinski definition) is 3. The zero-order valence-corrected chi connectivity index (χ0v) is 14.4. The Labute approximate surface area is 139 Å². The molecule has 0 saturated heterocycles. The lowest BCUT2D eigenvalue weighted by Crippen LogP contribution is -2.41. The Balaban J connectivity index is 3.92. The van der Waals surface area contributed by atoms with Crippen LogP contribution in [-0.4, -0.2) is 89.7 Å². The number of hydrogen-bond acceptors (Lipinski definition) is 7. The Morgan fingerprint density at radius 3 is 2.00 bits per heavy atom. The number of ether oxygens (including phenoxy) is 3. The van der Waals surface area contributed by atoms with Gasteiger partial charge in [-0.15, -0.1) is 0 Å². The third kappa shape index (κ3) is 15.9. The molecule has 0 spiro atoms. The van der Waals surface area contributed by atoms with Crippen molar-refractivity contribution in [3.63, 3.8) is 0 Å². The lowest BCUT2D eigenvalue weighted by Gasteiger charge is -2.21. The Morgan fingerprint density at radius 2 is 1.48 bits per heavy atom. The lowest BCUT2D eigenvalue weighted by molar-refractivity contribution is -0.122. The first-order valence-electron chi connectivity index (χ1n) is 8.37. The molecule has 0 unspecified atom stereocenters. The van der Waals surface area contributed by atoms with E-state index in [0.29, 0.717) is 72.3 Å². The molecule has 0 aliphatic rings. The lowest BCUT2D eigenvalue weighted by atomic mass is 10.4. The molecule has 8 nitrogen and oxygen atoms in total. The van der Waals surface area contributed by atoms with Crippen molar-refractivity contribution in [1.82, 2.24) is 10.2 Å². The Bertz CT molecular complexity index is 258. The van der Waals surface area contributed by atoms with Gasteiger partial charge in [-0.1, -0.05) is 6.92 Å².